The summed E-state index contributed by atoms with van der Waals surface area (Å²) in [5.41, 5.74) is 2.97. The molecule has 1 N–H and O–H groups in total. The molecule has 0 atom stereocenters. The van der Waals surface area contributed by atoms with Crippen LogP contribution in [0.1, 0.15) is 17.0 Å². The average Bonchev–Trinajstić information content (AvgIpc) is 3.18. The number of nitrogens with zero attached hydrogens (tertiary/aromatic N) is 1. The Kier molecular flexibility index (Phi) is 6.25. The lowest BCUT2D eigenvalue weighted by atomic mass is 10.1. The van der Waals surface area contributed by atoms with Gasteiger partial charge in [-0.05, 0) is 42.0 Å². The average molecular weight is 419 g/mol. The SMILES string of the molecule is COc1ccccc1OCCC(=O)Nc1ccc(Cc2nc3ccccc3s2)cc1. The van der Waals surface area contributed by atoms with Crippen LogP contribution in [0.2, 0.25) is 0 Å². The largest absolute Gasteiger partial charge is 0.493 e. The first-order valence-electron chi connectivity index (χ1n) is 9.70. The topological polar surface area (TPSA) is 60.5 Å². The first kappa shape index (κ1) is 19.9. The van der Waals surface area contributed by atoms with E-state index in [0.29, 0.717) is 11.5 Å². The van der Waals surface area contributed by atoms with Crippen molar-refractivity contribution in [2.45, 2.75) is 12.8 Å². The number of rotatable bonds is 8. The van der Waals surface area contributed by atoms with E-state index in [4.69, 9.17) is 9.47 Å². The van der Waals surface area contributed by atoms with Gasteiger partial charge in [0.15, 0.2) is 11.5 Å². The van der Waals surface area contributed by atoms with Gasteiger partial charge in [-0.3, -0.25) is 4.79 Å². The number of carbonyl (C=O) groups excluding carboxylic acids is 1. The number of thiazole rings is 1. The van der Waals surface area contributed by atoms with Gasteiger partial charge >= 0.3 is 0 Å². The fourth-order valence-corrected chi connectivity index (χ4v) is 4.09. The van der Waals surface area contributed by atoms with Gasteiger partial charge in [0.25, 0.3) is 0 Å². The minimum atomic E-state index is -0.0937. The van der Waals surface area contributed by atoms with E-state index in [2.05, 4.69) is 16.4 Å². The normalized spacial score (nSPS) is 10.7. The second-order valence-corrected chi connectivity index (χ2v) is 7.86. The van der Waals surface area contributed by atoms with Gasteiger partial charge in [0.1, 0.15) is 0 Å². The molecule has 3 aromatic carbocycles. The van der Waals surface area contributed by atoms with E-state index in [0.717, 1.165) is 28.2 Å². The fourth-order valence-electron chi connectivity index (χ4n) is 3.09. The van der Waals surface area contributed by atoms with E-state index < -0.39 is 0 Å². The molecule has 0 aliphatic rings. The Hall–Kier alpha value is -3.38. The summed E-state index contributed by atoms with van der Waals surface area (Å²) in [6.07, 6.45) is 1.03. The van der Waals surface area contributed by atoms with Crippen LogP contribution in [-0.4, -0.2) is 24.6 Å². The zero-order valence-corrected chi connectivity index (χ0v) is 17.4. The molecule has 0 radical (unpaired) electrons. The molecule has 6 heteroatoms. The van der Waals surface area contributed by atoms with Gasteiger partial charge in [0, 0.05) is 12.1 Å². The molecule has 30 heavy (non-hydrogen) atoms. The van der Waals surface area contributed by atoms with Gasteiger partial charge in [-0.25, -0.2) is 4.98 Å². The molecule has 4 aromatic rings. The second kappa shape index (κ2) is 9.41. The number of fused-ring (bicyclic) bond motifs is 1. The highest BCUT2D eigenvalue weighted by Crippen LogP contribution is 2.26. The summed E-state index contributed by atoms with van der Waals surface area (Å²) in [5, 5.41) is 3.99. The number of aromatic nitrogens is 1. The lowest BCUT2D eigenvalue weighted by Crippen LogP contribution is -2.15. The van der Waals surface area contributed by atoms with Crippen LogP contribution in [0.4, 0.5) is 5.69 Å². The number of amides is 1. The Bertz CT molecular complexity index is 1110. The molecular weight excluding hydrogens is 396 g/mol. The number of nitrogens with one attached hydrogen (secondary N) is 1. The second-order valence-electron chi connectivity index (χ2n) is 6.75. The first-order valence-corrected chi connectivity index (χ1v) is 10.5. The molecule has 152 valence electrons. The Morgan fingerprint density at radius 1 is 0.967 bits per heavy atom. The first-order chi connectivity index (χ1) is 14.7. The molecule has 1 heterocycles. The van der Waals surface area contributed by atoms with Gasteiger partial charge in [0.05, 0.1) is 35.4 Å². The third-order valence-electron chi connectivity index (χ3n) is 4.59. The van der Waals surface area contributed by atoms with Crippen LogP contribution in [0, 0.1) is 0 Å². The van der Waals surface area contributed by atoms with Gasteiger partial charge in [-0.15, -0.1) is 11.3 Å². The van der Waals surface area contributed by atoms with Crippen molar-refractivity contribution in [3.8, 4) is 11.5 Å². The van der Waals surface area contributed by atoms with E-state index in [9.17, 15) is 4.79 Å². The number of methoxy groups -OCH3 is 1. The van der Waals surface area contributed by atoms with Crippen molar-refractivity contribution in [2.24, 2.45) is 0 Å². The highest BCUT2D eigenvalue weighted by Gasteiger charge is 2.07. The smallest absolute Gasteiger partial charge is 0.227 e. The van der Waals surface area contributed by atoms with Gasteiger partial charge in [-0.2, -0.15) is 0 Å². The molecule has 0 unspecified atom stereocenters. The van der Waals surface area contributed by atoms with Gasteiger partial charge in [-0.1, -0.05) is 36.4 Å². The van der Waals surface area contributed by atoms with Crippen molar-refractivity contribution in [3.05, 3.63) is 83.4 Å². The van der Waals surface area contributed by atoms with Crippen LogP contribution >= 0.6 is 11.3 Å². The zero-order valence-electron chi connectivity index (χ0n) is 16.6. The van der Waals surface area contributed by atoms with Crippen LogP contribution < -0.4 is 14.8 Å². The van der Waals surface area contributed by atoms with E-state index in [1.54, 1.807) is 18.4 Å². The van der Waals surface area contributed by atoms with E-state index >= 15 is 0 Å². The van der Waals surface area contributed by atoms with Crippen LogP contribution in [0.3, 0.4) is 0 Å². The maximum absolute atomic E-state index is 12.2. The Labute approximate surface area is 179 Å². The van der Waals surface area contributed by atoms with E-state index in [-0.39, 0.29) is 18.9 Å². The minimum absolute atomic E-state index is 0.0937. The number of hydrogen-bond acceptors (Lipinski definition) is 5. The van der Waals surface area contributed by atoms with Crippen LogP contribution in [0.15, 0.2) is 72.8 Å². The maximum atomic E-state index is 12.2. The molecule has 0 saturated carbocycles. The van der Waals surface area contributed by atoms with Crippen molar-refractivity contribution in [1.82, 2.24) is 4.98 Å². The minimum Gasteiger partial charge on any atom is -0.493 e. The lowest BCUT2D eigenvalue weighted by molar-refractivity contribution is -0.116. The van der Waals surface area contributed by atoms with Crippen LogP contribution in [0.5, 0.6) is 11.5 Å². The number of anilines is 1. The number of benzene rings is 3. The molecule has 0 aliphatic carbocycles. The summed E-state index contributed by atoms with van der Waals surface area (Å²) in [6.45, 7) is 0.280. The third-order valence-corrected chi connectivity index (χ3v) is 5.62. The molecule has 4 rings (SSSR count). The number of para-hydroxylation sites is 3. The summed E-state index contributed by atoms with van der Waals surface area (Å²) in [5.74, 6) is 1.19. The third kappa shape index (κ3) is 4.96. The molecule has 0 bridgehead atoms. The van der Waals surface area contributed by atoms with Crippen molar-refractivity contribution in [1.29, 1.82) is 0 Å². The van der Waals surface area contributed by atoms with Crippen molar-refractivity contribution in [2.75, 3.05) is 19.0 Å². The molecule has 1 amide bonds. The number of ether oxygens (including phenoxy) is 2. The fraction of sp³-hybridized carbons (Fsp3) is 0.167. The number of carbonyl (C=O) groups is 1. The van der Waals surface area contributed by atoms with E-state index in [1.165, 1.54) is 4.70 Å². The molecule has 0 spiro atoms. The lowest BCUT2D eigenvalue weighted by Gasteiger charge is -2.10. The molecule has 1 aromatic heterocycles. The van der Waals surface area contributed by atoms with Crippen molar-refractivity contribution in [3.63, 3.8) is 0 Å². The standard InChI is InChI=1S/C24H22N2O3S/c1-28-20-7-3-4-8-21(20)29-15-14-23(27)25-18-12-10-17(11-13-18)16-24-26-19-6-2-5-9-22(19)30-24/h2-13H,14-16H2,1H3,(H,25,27). The highest BCUT2D eigenvalue weighted by molar-refractivity contribution is 7.18. The maximum Gasteiger partial charge on any atom is 0.227 e. The zero-order chi connectivity index (χ0) is 20.8. The molecule has 0 aliphatic heterocycles. The summed E-state index contributed by atoms with van der Waals surface area (Å²) < 4.78 is 12.1. The monoisotopic (exact) mass is 418 g/mol. The van der Waals surface area contributed by atoms with Crippen LogP contribution in [-0.2, 0) is 11.2 Å². The number of hydrogen-bond donors (Lipinski definition) is 1. The summed E-state index contributed by atoms with van der Waals surface area (Å²) in [7, 11) is 1.59. The van der Waals surface area contributed by atoms with Gasteiger partial charge < -0.3 is 14.8 Å². The quantitative estimate of drug-likeness (QED) is 0.422. The predicted octanol–water partition coefficient (Wildman–Crippen LogP) is 5.30. The van der Waals surface area contributed by atoms with Crippen LogP contribution in [0.25, 0.3) is 10.2 Å². The molecule has 0 saturated heterocycles. The van der Waals surface area contributed by atoms with Crippen molar-refractivity contribution < 1.29 is 14.3 Å². The Morgan fingerprint density at radius 2 is 1.70 bits per heavy atom. The van der Waals surface area contributed by atoms with Crippen molar-refractivity contribution >= 4 is 33.1 Å². The predicted molar refractivity (Wildman–Crippen MR) is 121 cm³/mol. The summed E-state index contributed by atoms with van der Waals surface area (Å²) >= 11 is 1.71. The molecular formula is C24H22N2O3S. The summed E-state index contributed by atoms with van der Waals surface area (Å²) in [4.78, 5) is 16.9. The Morgan fingerprint density at radius 3 is 2.47 bits per heavy atom. The summed E-state index contributed by atoms with van der Waals surface area (Å²) in [6, 6.07) is 23.4. The molecule has 0 fully saturated rings. The molecule has 5 nitrogen and oxygen atoms in total. The van der Waals surface area contributed by atoms with E-state index in [1.807, 2.05) is 66.7 Å². The van der Waals surface area contributed by atoms with Gasteiger partial charge in [0.2, 0.25) is 5.91 Å². The Balaban J connectivity index is 1.28. The highest BCUT2D eigenvalue weighted by atomic mass is 32.1.